The minimum absolute atomic E-state index is 0.555. The molecule has 5 heteroatoms. The van der Waals surface area contributed by atoms with Gasteiger partial charge in [-0.2, -0.15) is 4.98 Å². The van der Waals surface area contributed by atoms with Gasteiger partial charge in [0.25, 0.3) is 0 Å². The van der Waals surface area contributed by atoms with E-state index in [0.29, 0.717) is 12.0 Å². The fourth-order valence-electron chi connectivity index (χ4n) is 3.05. The second kappa shape index (κ2) is 6.24. The third kappa shape index (κ3) is 3.40. The van der Waals surface area contributed by atoms with Crippen molar-refractivity contribution >= 4 is 23.1 Å². The fraction of sp³-hybridized carbons (Fsp3) is 0.529. The highest BCUT2D eigenvalue weighted by Crippen LogP contribution is 2.40. The molecule has 2 saturated carbocycles. The van der Waals surface area contributed by atoms with Gasteiger partial charge in [0.2, 0.25) is 5.95 Å². The molecule has 0 saturated heterocycles. The van der Waals surface area contributed by atoms with Gasteiger partial charge in [0.15, 0.2) is 0 Å². The maximum absolute atomic E-state index is 4.74. The van der Waals surface area contributed by atoms with E-state index in [2.05, 4.69) is 39.2 Å². The third-order valence-electron chi connectivity index (χ3n) is 4.45. The highest BCUT2D eigenvalue weighted by Gasteiger charge is 2.26. The largest absolute Gasteiger partial charge is 0.365 e. The lowest BCUT2D eigenvalue weighted by atomic mass is 10.2. The smallest absolute Gasteiger partial charge is 0.225 e. The molecular formula is C17H22N4S. The average molecular weight is 314 g/mol. The van der Waals surface area contributed by atoms with Crippen molar-refractivity contribution in [3.05, 3.63) is 34.2 Å². The number of nitrogens with zero attached hydrogens (tertiary/aromatic N) is 2. The molecule has 22 heavy (non-hydrogen) atoms. The number of thiophene rings is 1. The summed E-state index contributed by atoms with van der Waals surface area (Å²) in [4.78, 5) is 10.8. The molecule has 2 aliphatic carbocycles. The summed E-state index contributed by atoms with van der Waals surface area (Å²) in [5.74, 6) is 2.41. The Morgan fingerprint density at radius 3 is 2.73 bits per heavy atom. The highest BCUT2D eigenvalue weighted by atomic mass is 32.1. The summed E-state index contributed by atoms with van der Waals surface area (Å²) in [5.41, 5.74) is 1.20. The molecule has 0 amide bonds. The Morgan fingerprint density at radius 2 is 2.00 bits per heavy atom. The molecule has 0 atom stereocenters. The van der Waals surface area contributed by atoms with E-state index in [1.165, 1.54) is 49.1 Å². The van der Waals surface area contributed by atoms with E-state index in [9.17, 15) is 0 Å². The molecule has 2 aromatic heterocycles. The van der Waals surface area contributed by atoms with Crippen LogP contribution in [0.5, 0.6) is 0 Å². The monoisotopic (exact) mass is 314 g/mol. The quantitative estimate of drug-likeness (QED) is 0.830. The summed E-state index contributed by atoms with van der Waals surface area (Å²) < 4.78 is 0. The van der Waals surface area contributed by atoms with Crippen LogP contribution in [0.2, 0.25) is 0 Å². The number of aromatic nitrogens is 2. The molecule has 0 radical (unpaired) electrons. The van der Waals surface area contributed by atoms with Crippen molar-refractivity contribution in [2.45, 2.75) is 57.0 Å². The van der Waals surface area contributed by atoms with Crippen LogP contribution in [0.25, 0.3) is 0 Å². The summed E-state index contributed by atoms with van der Waals surface area (Å²) in [6, 6.07) is 6.92. The van der Waals surface area contributed by atoms with Crippen LogP contribution < -0.4 is 10.6 Å². The van der Waals surface area contributed by atoms with Gasteiger partial charge in [0.05, 0.1) is 12.2 Å². The first-order valence-corrected chi connectivity index (χ1v) is 9.16. The van der Waals surface area contributed by atoms with Gasteiger partial charge in [-0.05, 0) is 37.1 Å². The van der Waals surface area contributed by atoms with E-state index in [1.54, 1.807) is 11.3 Å². The fourth-order valence-corrected chi connectivity index (χ4v) is 3.70. The van der Waals surface area contributed by atoms with Gasteiger partial charge in [-0.15, -0.1) is 11.3 Å². The molecule has 2 N–H and O–H groups in total. The molecule has 0 bridgehead atoms. The summed E-state index contributed by atoms with van der Waals surface area (Å²) in [6.45, 7) is 0.835. The van der Waals surface area contributed by atoms with Gasteiger partial charge < -0.3 is 10.6 Å². The standard InChI is InChI=1S/C17H22N4S/c1-2-5-13(4-1)19-17-20-15(12-7-8-12)10-16(21-17)18-11-14-6-3-9-22-14/h3,6,9-10,12-13H,1-2,4-5,7-8,11H2,(H2,18,19,20,21). The molecule has 4 rings (SSSR count). The summed E-state index contributed by atoms with van der Waals surface area (Å²) in [5, 5.41) is 9.10. The number of rotatable bonds is 6. The van der Waals surface area contributed by atoms with Crippen molar-refractivity contribution in [2.75, 3.05) is 10.6 Å². The molecule has 2 aromatic rings. The molecule has 0 aliphatic heterocycles. The van der Waals surface area contributed by atoms with Crippen molar-refractivity contribution in [3.63, 3.8) is 0 Å². The second-order valence-corrected chi connectivity index (χ2v) is 7.37. The van der Waals surface area contributed by atoms with E-state index in [1.807, 2.05) is 0 Å². The molecule has 116 valence electrons. The van der Waals surface area contributed by atoms with Crippen LogP contribution in [-0.4, -0.2) is 16.0 Å². The van der Waals surface area contributed by atoms with E-state index in [0.717, 1.165) is 18.3 Å². The Kier molecular flexibility index (Phi) is 3.97. The van der Waals surface area contributed by atoms with Gasteiger partial charge in [-0.3, -0.25) is 0 Å². The van der Waals surface area contributed by atoms with Crippen molar-refractivity contribution in [1.29, 1.82) is 0 Å². The zero-order valence-electron chi connectivity index (χ0n) is 12.7. The van der Waals surface area contributed by atoms with Gasteiger partial charge in [-0.1, -0.05) is 18.9 Å². The van der Waals surface area contributed by atoms with E-state index < -0.39 is 0 Å². The van der Waals surface area contributed by atoms with Crippen LogP contribution in [0.1, 0.15) is 55.0 Å². The Labute approximate surface area is 135 Å². The van der Waals surface area contributed by atoms with Crippen LogP contribution >= 0.6 is 11.3 Å². The van der Waals surface area contributed by atoms with Gasteiger partial charge in [0.1, 0.15) is 5.82 Å². The van der Waals surface area contributed by atoms with E-state index >= 15 is 0 Å². The van der Waals surface area contributed by atoms with E-state index in [4.69, 9.17) is 4.98 Å². The highest BCUT2D eigenvalue weighted by molar-refractivity contribution is 7.09. The molecule has 2 fully saturated rings. The number of anilines is 2. The predicted molar refractivity (Wildman–Crippen MR) is 91.5 cm³/mol. The predicted octanol–water partition coefficient (Wildman–Crippen LogP) is 4.38. The van der Waals surface area contributed by atoms with Gasteiger partial charge >= 0.3 is 0 Å². The van der Waals surface area contributed by atoms with Crippen LogP contribution in [0.15, 0.2) is 23.6 Å². The lowest BCUT2D eigenvalue weighted by Crippen LogP contribution is -2.17. The van der Waals surface area contributed by atoms with Crippen LogP contribution in [0.3, 0.4) is 0 Å². The third-order valence-corrected chi connectivity index (χ3v) is 5.33. The Bertz CT molecular complexity index is 616. The number of hydrogen-bond acceptors (Lipinski definition) is 5. The minimum Gasteiger partial charge on any atom is -0.365 e. The molecule has 4 nitrogen and oxygen atoms in total. The Hall–Kier alpha value is -1.62. The Morgan fingerprint density at radius 1 is 1.14 bits per heavy atom. The van der Waals surface area contributed by atoms with Crippen LogP contribution in [-0.2, 0) is 6.54 Å². The summed E-state index contributed by atoms with van der Waals surface area (Å²) >= 11 is 1.77. The summed E-state index contributed by atoms with van der Waals surface area (Å²) in [6.07, 6.45) is 7.67. The number of hydrogen-bond donors (Lipinski definition) is 2. The zero-order chi connectivity index (χ0) is 14.8. The van der Waals surface area contributed by atoms with Crippen molar-refractivity contribution in [3.8, 4) is 0 Å². The zero-order valence-corrected chi connectivity index (χ0v) is 13.5. The normalized spacial score (nSPS) is 18.5. The first-order chi connectivity index (χ1) is 10.9. The molecule has 0 unspecified atom stereocenters. The molecule has 2 heterocycles. The van der Waals surface area contributed by atoms with Crippen molar-refractivity contribution in [1.82, 2.24) is 9.97 Å². The van der Waals surface area contributed by atoms with Gasteiger partial charge in [0, 0.05) is 22.9 Å². The maximum atomic E-state index is 4.74. The topological polar surface area (TPSA) is 49.8 Å². The number of nitrogens with one attached hydrogen (secondary N) is 2. The lowest BCUT2D eigenvalue weighted by molar-refractivity contribution is 0.741. The molecule has 2 aliphatic rings. The van der Waals surface area contributed by atoms with Crippen molar-refractivity contribution in [2.24, 2.45) is 0 Å². The molecule has 0 spiro atoms. The SMILES string of the molecule is c1csc(CNc2cc(C3CC3)nc(NC3CCCC3)n2)c1. The molecular weight excluding hydrogens is 292 g/mol. The Balaban J connectivity index is 1.49. The first-order valence-electron chi connectivity index (χ1n) is 8.28. The lowest BCUT2D eigenvalue weighted by Gasteiger charge is -2.14. The second-order valence-electron chi connectivity index (χ2n) is 6.33. The molecule has 0 aromatic carbocycles. The van der Waals surface area contributed by atoms with Crippen LogP contribution in [0, 0.1) is 0 Å². The first kappa shape index (κ1) is 14.0. The van der Waals surface area contributed by atoms with E-state index in [-0.39, 0.29) is 0 Å². The summed E-state index contributed by atoms with van der Waals surface area (Å²) in [7, 11) is 0. The van der Waals surface area contributed by atoms with Crippen molar-refractivity contribution < 1.29 is 0 Å². The van der Waals surface area contributed by atoms with Crippen LogP contribution in [0.4, 0.5) is 11.8 Å². The van der Waals surface area contributed by atoms with Gasteiger partial charge in [-0.25, -0.2) is 4.98 Å². The maximum Gasteiger partial charge on any atom is 0.225 e. The minimum atomic E-state index is 0.555. The average Bonchev–Trinajstić information content (AvgIpc) is 3.02.